The molecule has 0 aliphatic rings. The van der Waals surface area contributed by atoms with E-state index in [1.807, 2.05) is 60.7 Å². The van der Waals surface area contributed by atoms with E-state index in [0.717, 1.165) is 11.1 Å². The molecule has 126 valence electrons. The minimum Gasteiger partial charge on any atom is -0.288 e. The van der Waals surface area contributed by atoms with Gasteiger partial charge in [-0.1, -0.05) is 60.7 Å². The van der Waals surface area contributed by atoms with Crippen molar-refractivity contribution in [3.05, 3.63) is 87.8 Å². The molecule has 7 heteroatoms. The van der Waals surface area contributed by atoms with E-state index in [1.165, 1.54) is 0 Å². The lowest BCUT2D eigenvalue weighted by Gasteiger charge is -2.18. The number of nitrogens with zero attached hydrogens (tertiary/aromatic N) is 2. The van der Waals surface area contributed by atoms with Crippen molar-refractivity contribution in [1.82, 2.24) is 20.6 Å². The number of hydrogen-bond donors (Lipinski definition) is 3. The molecule has 3 aromatic rings. The highest BCUT2D eigenvalue weighted by Crippen LogP contribution is 2.24. The van der Waals surface area contributed by atoms with Gasteiger partial charge in [0.2, 0.25) is 11.9 Å². The Morgan fingerprint density at radius 3 is 2.04 bits per heavy atom. The Morgan fingerprint density at radius 1 is 0.960 bits per heavy atom. The van der Waals surface area contributed by atoms with Crippen LogP contribution in [0.4, 0.5) is 5.95 Å². The summed E-state index contributed by atoms with van der Waals surface area (Å²) >= 11 is 0. The summed E-state index contributed by atoms with van der Waals surface area (Å²) in [7, 11) is 0. The minimum absolute atomic E-state index is 0.0730. The van der Waals surface area contributed by atoms with Gasteiger partial charge in [-0.05, 0) is 18.1 Å². The number of hydrogen-bond acceptors (Lipinski definition) is 5. The summed E-state index contributed by atoms with van der Waals surface area (Å²) in [6.45, 7) is 1.55. The molecule has 3 N–H and O–H groups in total. The molecule has 0 atom stereocenters. The molecule has 2 aromatic carbocycles. The molecular formula is C18H17N5O2. The number of aromatic amines is 1. The molecule has 1 aromatic heterocycles. The van der Waals surface area contributed by atoms with Crippen molar-refractivity contribution in [2.45, 2.75) is 12.8 Å². The predicted octanol–water partition coefficient (Wildman–Crippen LogP) is 1.75. The van der Waals surface area contributed by atoms with E-state index in [-0.39, 0.29) is 23.1 Å². The lowest BCUT2D eigenvalue weighted by Crippen LogP contribution is -2.36. The number of carbonyl (C=O) groups is 1. The largest absolute Gasteiger partial charge is 0.288 e. The van der Waals surface area contributed by atoms with Crippen LogP contribution in [-0.2, 0) is 4.79 Å². The second-order valence-electron chi connectivity index (χ2n) is 5.46. The van der Waals surface area contributed by atoms with Crippen LogP contribution in [0.1, 0.15) is 22.7 Å². The number of aromatic nitrogens is 3. The van der Waals surface area contributed by atoms with Crippen LogP contribution in [0, 0.1) is 6.92 Å². The van der Waals surface area contributed by atoms with Crippen molar-refractivity contribution in [2.24, 2.45) is 0 Å². The van der Waals surface area contributed by atoms with Crippen molar-refractivity contribution in [3.63, 3.8) is 0 Å². The van der Waals surface area contributed by atoms with Crippen LogP contribution in [0.3, 0.4) is 0 Å². The van der Waals surface area contributed by atoms with Gasteiger partial charge >= 0.3 is 0 Å². The monoisotopic (exact) mass is 335 g/mol. The maximum absolute atomic E-state index is 12.8. The summed E-state index contributed by atoms with van der Waals surface area (Å²) < 4.78 is 0. The van der Waals surface area contributed by atoms with Crippen LogP contribution in [-0.4, -0.2) is 21.1 Å². The number of hydrazine groups is 1. The number of aryl methyl sites for hydroxylation is 1. The van der Waals surface area contributed by atoms with Gasteiger partial charge < -0.3 is 0 Å². The van der Waals surface area contributed by atoms with Gasteiger partial charge in [0, 0.05) is 0 Å². The first-order chi connectivity index (χ1) is 12.1. The summed E-state index contributed by atoms with van der Waals surface area (Å²) in [5.74, 6) is -0.704. The third-order valence-corrected chi connectivity index (χ3v) is 3.69. The third kappa shape index (κ3) is 3.89. The van der Waals surface area contributed by atoms with E-state index in [1.54, 1.807) is 6.92 Å². The molecule has 7 nitrogen and oxygen atoms in total. The molecule has 0 spiro atoms. The number of rotatable bonds is 5. The molecule has 0 saturated heterocycles. The Kier molecular flexibility index (Phi) is 4.84. The van der Waals surface area contributed by atoms with Gasteiger partial charge in [-0.25, -0.2) is 0 Å². The summed E-state index contributed by atoms with van der Waals surface area (Å²) in [6.07, 6.45) is 0. The zero-order chi connectivity index (χ0) is 17.6. The average Bonchev–Trinajstić information content (AvgIpc) is 2.65. The van der Waals surface area contributed by atoms with Gasteiger partial charge in [0.15, 0.2) is 0 Å². The highest BCUT2D eigenvalue weighted by atomic mass is 16.2. The van der Waals surface area contributed by atoms with Crippen molar-refractivity contribution < 1.29 is 4.79 Å². The van der Waals surface area contributed by atoms with E-state index in [4.69, 9.17) is 0 Å². The fraction of sp³-hybridized carbons (Fsp3) is 0.111. The molecular weight excluding hydrogens is 318 g/mol. The Bertz CT molecular complexity index is 870. The van der Waals surface area contributed by atoms with Gasteiger partial charge in [0.1, 0.15) is 5.69 Å². The second kappa shape index (κ2) is 7.39. The van der Waals surface area contributed by atoms with Crippen molar-refractivity contribution >= 4 is 11.9 Å². The summed E-state index contributed by atoms with van der Waals surface area (Å²) in [6, 6.07) is 18.9. The summed E-state index contributed by atoms with van der Waals surface area (Å²) in [4.78, 5) is 26.8. The SMILES string of the molecule is Cc1nnc(NNC(=O)C(c2ccccc2)c2ccccc2)[nH]c1=O. The average molecular weight is 335 g/mol. The first kappa shape index (κ1) is 16.4. The maximum atomic E-state index is 12.8. The maximum Gasteiger partial charge on any atom is 0.274 e. The van der Waals surface area contributed by atoms with Gasteiger partial charge in [0.25, 0.3) is 5.56 Å². The number of carbonyl (C=O) groups excluding carboxylic acids is 1. The van der Waals surface area contributed by atoms with E-state index in [9.17, 15) is 9.59 Å². The fourth-order valence-electron chi connectivity index (χ4n) is 2.43. The second-order valence-corrected chi connectivity index (χ2v) is 5.46. The number of amides is 1. The lowest BCUT2D eigenvalue weighted by atomic mass is 9.91. The Morgan fingerprint density at radius 2 is 1.52 bits per heavy atom. The Labute approximate surface area is 144 Å². The minimum atomic E-state index is -0.500. The molecule has 3 rings (SSSR count). The molecule has 1 amide bonds. The molecule has 0 fully saturated rings. The van der Waals surface area contributed by atoms with Crippen molar-refractivity contribution in [2.75, 3.05) is 5.43 Å². The van der Waals surface area contributed by atoms with Crippen LogP contribution in [0.25, 0.3) is 0 Å². The van der Waals surface area contributed by atoms with Crippen LogP contribution in [0.5, 0.6) is 0 Å². The topological polar surface area (TPSA) is 99.8 Å². The van der Waals surface area contributed by atoms with E-state index in [2.05, 4.69) is 26.0 Å². The molecule has 1 heterocycles. The molecule has 0 aliphatic carbocycles. The standard InChI is InChI=1S/C18H17N5O2/c1-12-16(24)19-18(22-20-12)23-21-17(25)15(13-8-4-2-5-9-13)14-10-6-3-7-11-14/h2-11,15H,1H3,(H,21,25)(H2,19,22,23,24). The smallest absolute Gasteiger partial charge is 0.274 e. The molecule has 0 radical (unpaired) electrons. The predicted molar refractivity (Wildman–Crippen MR) is 93.9 cm³/mol. The molecule has 0 aliphatic heterocycles. The van der Waals surface area contributed by atoms with Crippen molar-refractivity contribution in [3.8, 4) is 0 Å². The highest BCUT2D eigenvalue weighted by Gasteiger charge is 2.22. The highest BCUT2D eigenvalue weighted by molar-refractivity contribution is 5.87. The van der Waals surface area contributed by atoms with Gasteiger partial charge in [-0.3, -0.25) is 25.4 Å². The van der Waals surface area contributed by atoms with E-state index >= 15 is 0 Å². The Balaban J connectivity index is 1.82. The summed E-state index contributed by atoms with van der Waals surface area (Å²) in [5.41, 5.74) is 6.79. The van der Waals surface area contributed by atoms with Crippen LogP contribution < -0.4 is 16.4 Å². The molecule has 25 heavy (non-hydrogen) atoms. The summed E-state index contributed by atoms with van der Waals surface area (Å²) in [5, 5.41) is 7.49. The Hall–Kier alpha value is -3.48. The van der Waals surface area contributed by atoms with Crippen LogP contribution >= 0.6 is 0 Å². The van der Waals surface area contributed by atoms with Crippen LogP contribution in [0.15, 0.2) is 65.5 Å². The number of anilines is 1. The van der Waals surface area contributed by atoms with Crippen molar-refractivity contribution in [1.29, 1.82) is 0 Å². The van der Waals surface area contributed by atoms with E-state index < -0.39 is 5.92 Å². The van der Waals surface area contributed by atoms with E-state index in [0.29, 0.717) is 0 Å². The van der Waals surface area contributed by atoms with Crippen LogP contribution in [0.2, 0.25) is 0 Å². The molecule has 0 unspecified atom stereocenters. The first-order valence-electron chi connectivity index (χ1n) is 7.74. The number of benzene rings is 2. The normalized spacial score (nSPS) is 10.5. The number of H-pyrrole nitrogens is 1. The zero-order valence-electron chi connectivity index (χ0n) is 13.6. The van der Waals surface area contributed by atoms with Gasteiger partial charge in [0.05, 0.1) is 5.92 Å². The first-order valence-corrected chi connectivity index (χ1v) is 7.74. The zero-order valence-corrected chi connectivity index (χ0v) is 13.6. The number of nitrogens with one attached hydrogen (secondary N) is 3. The molecule has 0 saturated carbocycles. The molecule has 0 bridgehead atoms. The van der Waals surface area contributed by atoms with Gasteiger partial charge in [-0.15, -0.1) is 10.2 Å². The lowest BCUT2D eigenvalue weighted by molar-refractivity contribution is -0.121. The fourth-order valence-corrected chi connectivity index (χ4v) is 2.43. The third-order valence-electron chi connectivity index (χ3n) is 3.69. The van der Waals surface area contributed by atoms with Gasteiger partial charge in [-0.2, -0.15) is 0 Å². The quantitative estimate of drug-likeness (QED) is 0.617.